The summed E-state index contributed by atoms with van der Waals surface area (Å²) in [6.07, 6.45) is 3.19. The van der Waals surface area contributed by atoms with Crippen molar-refractivity contribution in [3.63, 3.8) is 0 Å². The van der Waals surface area contributed by atoms with Gasteiger partial charge in [-0.1, -0.05) is 55.5 Å². The minimum atomic E-state index is -1.22. The molecular weight excluding hydrogens is 382 g/mol. The molecule has 1 amide bonds. The number of aryl methyl sites for hydroxylation is 1. The standard InChI is InChI=1S/C23H23N3O4/c1-2-11-26-13-15(12-24-26)21(22(27)28)25-23(29)30-14-20-18-9-5-3-7-16(18)17-8-4-6-10-19(17)20/h3-10,12-13,20-21H,2,11,14H2,1H3,(H,25,29)(H,27,28). The Morgan fingerprint density at radius 1 is 1.13 bits per heavy atom. The Labute approximate surface area is 174 Å². The van der Waals surface area contributed by atoms with Gasteiger partial charge in [-0.2, -0.15) is 5.10 Å². The molecule has 4 rings (SSSR count). The fourth-order valence-corrected chi connectivity index (χ4v) is 3.93. The zero-order valence-electron chi connectivity index (χ0n) is 16.6. The van der Waals surface area contributed by atoms with Crippen molar-refractivity contribution >= 4 is 12.1 Å². The summed E-state index contributed by atoms with van der Waals surface area (Å²) in [6.45, 7) is 2.81. The fraction of sp³-hybridized carbons (Fsp3) is 0.261. The minimum Gasteiger partial charge on any atom is -0.479 e. The van der Waals surface area contributed by atoms with E-state index in [1.54, 1.807) is 10.9 Å². The first-order chi connectivity index (χ1) is 14.6. The molecule has 0 saturated heterocycles. The van der Waals surface area contributed by atoms with E-state index in [1.165, 1.54) is 6.20 Å². The average molecular weight is 405 g/mol. The number of alkyl carbamates (subject to hydrolysis) is 1. The molecule has 0 bridgehead atoms. The molecule has 1 atom stereocenters. The number of hydrogen-bond donors (Lipinski definition) is 2. The van der Waals surface area contributed by atoms with E-state index in [0.29, 0.717) is 12.1 Å². The second-order valence-electron chi connectivity index (χ2n) is 7.28. The highest BCUT2D eigenvalue weighted by Crippen LogP contribution is 2.44. The SMILES string of the molecule is CCCn1cc(C(NC(=O)OCC2c3ccccc3-c3ccccc32)C(=O)O)cn1. The molecule has 2 N–H and O–H groups in total. The van der Waals surface area contributed by atoms with Crippen molar-refractivity contribution in [3.8, 4) is 11.1 Å². The number of ether oxygens (including phenoxy) is 1. The van der Waals surface area contributed by atoms with Crippen molar-refractivity contribution in [2.24, 2.45) is 0 Å². The lowest BCUT2D eigenvalue weighted by Gasteiger charge is -2.17. The highest BCUT2D eigenvalue weighted by molar-refractivity contribution is 5.82. The molecule has 7 heteroatoms. The van der Waals surface area contributed by atoms with Crippen molar-refractivity contribution in [2.45, 2.75) is 31.8 Å². The molecular formula is C23H23N3O4. The number of rotatable bonds is 7. The third-order valence-electron chi connectivity index (χ3n) is 5.29. The summed E-state index contributed by atoms with van der Waals surface area (Å²) in [7, 11) is 0. The first kappa shape index (κ1) is 19.7. The summed E-state index contributed by atoms with van der Waals surface area (Å²) in [5.74, 6) is -1.25. The van der Waals surface area contributed by atoms with Crippen LogP contribution in [0.4, 0.5) is 4.79 Å². The monoisotopic (exact) mass is 405 g/mol. The molecule has 0 radical (unpaired) electrons. The van der Waals surface area contributed by atoms with Crippen molar-refractivity contribution in [3.05, 3.63) is 77.6 Å². The molecule has 3 aromatic rings. The molecule has 7 nitrogen and oxygen atoms in total. The van der Waals surface area contributed by atoms with Gasteiger partial charge < -0.3 is 15.2 Å². The Kier molecular flexibility index (Phi) is 5.52. The Balaban J connectivity index is 1.46. The van der Waals surface area contributed by atoms with Gasteiger partial charge in [-0.3, -0.25) is 4.68 Å². The third kappa shape index (κ3) is 3.78. The van der Waals surface area contributed by atoms with E-state index in [9.17, 15) is 14.7 Å². The summed E-state index contributed by atoms with van der Waals surface area (Å²) >= 11 is 0. The lowest BCUT2D eigenvalue weighted by molar-refractivity contribution is -0.139. The van der Waals surface area contributed by atoms with Crippen molar-refractivity contribution < 1.29 is 19.4 Å². The van der Waals surface area contributed by atoms with E-state index in [4.69, 9.17) is 4.74 Å². The molecule has 154 valence electrons. The molecule has 1 aliphatic rings. The fourth-order valence-electron chi connectivity index (χ4n) is 3.93. The number of aromatic nitrogens is 2. The van der Waals surface area contributed by atoms with Crippen LogP contribution >= 0.6 is 0 Å². The largest absolute Gasteiger partial charge is 0.479 e. The molecule has 0 spiro atoms. The zero-order valence-corrected chi connectivity index (χ0v) is 16.6. The van der Waals surface area contributed by atoms with E-state index in [0.717, 1.165) is 28.7 Å². The van der Waals surface area contributed by atoms with Crippen LogP contribution in [0.2, 0.25) is 0 Å². The molecule has 0 fully saturated rings. The molecule has 1 aromatic heterocycles. The van der Waals surface area contributed by atoms with Crippen LogP contribution in [0.1, 0.15) is 42.0 Å². The van der Waals surface area contributed by atoms with E-state index < -0.39 is 18.1 Å². The van der Waals surface area contributed by atoms with Gasteiger partial charge in [-0.15, -0.1) is 0 Å². The van der Waals surface area contributed by atoms with Crippen LogP contribution < -0.4 is 5.32 Å². The third-order valence-corrected chi connectivity index (χ3v) is 5.29. The molecule has 1 aliphatic carbocycles. The summed E-state index contributed by atoms with van der Waals surface area (Å²) in [5.41, 5.74) is 4.87. The Morgan fingerprint density at radius 3 is 2.37 bits per heavy atom. The summed E-state index contributed by atoms with van der Waals surface area (Å²) < 4.78 is 7.11. The van der Waals surface area contributed by atoms with Gasteiger partial charge in [-0.25, -0.2) is 9.59 Å². The average Bonchev–Trinajstić information content (AvgIpc) is 3.33. The maximum Gasteiger partial charge on any atom is 0.408 e. The van der Waals surface area contributed by atoms with Crippen LogP contribution in [0.3, 0.4) is 0 Å². The number of hydrogen-bond acceptors (Lipinski definition) is 4. The lowest BCUT2D eigenvalue weighted by atomic mass is 9.98. The molecule has 1 heterocycles. The minimum absolute atomic E-state index is 0.0845. The van der Waals surface area contributed by atoms with Crippen molar-refractivity contribution in [1.29, 1.82) is 0 Å². The number of nitrogens with one attached hydrogen (secondary N) is 1. The Bertz CT molecular complexity index is 1030. The molecule has 1 unspecified atom stereocenters. The van der Waals surface area contributed by atoms with Gasteiger partial charge in [0.1, 0.15) is 6.61 Å². The van der Waals surface area contributed by atoms with E-state index in [2.05, 4.69) is 22.5 Å². The van der Waals surface area contributed by atoms with Crippen LogP contribution in [0, 0.1) is 0 Å². The topological polar surface area (TPSA) is 93.5 Å². The van der Waals surface area contributed by atoms with Crippen LogP contribution in [-0.2, 0) is 16.1 Å². The van der Waals surface area contributed by atoms with Gasteiger partial charge in [0.05, 0.1) is 6.20 Å². The highest BCUT2D eigenvalue weighted by Gasteiger charge is 2.30. The van der Waals surface area contributed by atoms with Crippen LogP contribution in [-0.4, -0.2) is 33.6 Å². The van der Waals surface area contributed by atoms with E-state index in [1.807, 2.05) is 43.3 Å². The number of fused-ring (bicyclic) bond motifs is 3. The van der Waals surface area contributed by atoms with Crippen molar-refractivity contribution in [1.82, 2.24) is 15.1 Å². The predicted octanol–water partition coefficient (Wildman–Crippen LogP) is 3.96. The molecule has 2 aromatic carbocycles. The predicted molar refractivity (Wildman–Crippen MR) is 111 cm³/mol. The number of nitrogens with zero attached hydrogens (tertiary/aromatic N) is 2. The second kappa shape index (κ2) is 8.41. The highest BCUT2D eigenvalue weighted by atomic mass is 16.5. The van der Waals surface area contributed by atoms with E-state index in [-0.39, 0.29) is 12.5 Å². The van der Waals surface area contributed by atoms with Crippen LogP contribution in [0.15, 0.2) is 60.9 Å². The van der Waals surface area contributed by atoms with Crippen LogP contribution in [0.5, 0.6) is 0 Å². The quantitative estimate of drug-likeness (QED) is 0.621. The Morgan fingerprint density at radius 2 is 1.77 bits per heavy atom. The Hall–Kier alpha value is -3.61. The summed E-state index contributed by atoms with van der Waals surface area (Å²) in [5, 5.41) is 16.1. The maximum absolute atomic E-state index is 12.4. The van der Waals surface area contributed by atoms with Gasteiger partial charge in [0.15, 0.2) is 6.04 Å². The van der Waals surface area contributed by atoms with Gasteiger partial charge in [-0.05, 0) is 28.7 Å². The number of aliphatic carboxylic acids is 1. The first-order valence-corrected chi connectivity index (χ1v) is 9.95. The summed E-state index contributed by atoms with van der Waals surface area (Å²) in [6, 6.07) is 14.9. The number of carboxylic acid groups (broad SMARTS) is 1. The molecule has 0 aliphatic heterocycles. The molecule has 30 heavy (non-hydrogen) atoms. The number of benzene rings is 2. The lowest BCUT2D eigenvalue weighted by Crippen LogP contribution is -2.34. The number of carboxylic acids is 1. The number of carbonyl (C=O) groups excluding carboxylic acids is 1. The normalized spacial score (nSPS) is 13.4. The van der Waals surface area contributed by atoms with Gasteiger partial charge in [0.2, 0.25) is 0 Å². The first-order valence-electron chi connectivity index (χ1n) is 9.95. The smallest absolute Gasteiger partial charge is 0.408 e. The zero-order chi connectivity index (χ0) is 21.1. The van der Waals surface area contributed by atoms with Gasteiger partial charge >= 0.3 is 12.1 Å². The van der Waals surface area contributed by atoms with E-state index >= 15 is 0 Å². The van der Waals surface area contributed by atoms with Gasteiger partial charge in [0.25, 0.3) is 0 Å². The summed E-state index contributed by atoms with van der Waals surface area (Å²) in [4.78, 5) is 24.1. The molecule has 0 saturated carbocycles. The van der Waals surface area contributed by atoms with Crippen LogP contribution in [0.25, 0.3) is 11.1 Å². The number of amides is 1. The van der Waals surface area contributed by atoms with Crippen molar-refractivity contribution in [2.75, 3.05) is 6.61 Å². The number of carbonyl (C=O) groups is 2. The second-order valence-corrected chi connectivity index (χ2v) is 7.28. The van der Waals surface area contributed by atoms with Gasteiger partial charge in [0, 0.05) is 24.2 Å². The maximum atomic E-state index is 12.4.